The van der Waals surface area contributed by atoms with Gasteiger partial charge in [0, 0.05) is 18.8 Å². The van der Waals surface area contributed by atoms with E-state index in [9.17, 15) is 14.7 Å². The average molecular weight is 280 g/mol. The Labute approximate surface area is 118 Å². The summed E-state index contributed by atoms with van der Waals surface area (Å²) in [5, 5.41) is 21.0. The van der Waals surface area contributed by atoms with Crippen molar-refractivity contribution in [1.29, 1.82) is 0 Å². The Kier molecular flexibility index (Phi) is 5.37. The molecule has 3 N–H and O–H groups in total. The molecule has 1 rings (SSSR count). The number of nitrogens with zero attached hydrogens (tertiary/aromatic N) is 1. The van der Waals surface area contributed by atoms with Crippen LogP contribution in [-0.2, 0) is 4.79 Å². The summed E-state index contributed by atoms with van der Waals surface area (Å²) in [4.78, 5) is 24.5. The molecule has 2 atom stereocenters. The summed E-state index contributed by atoms with van der Waals surface area (Å²) < 4.78 is 0. The number of amides is 2. The molecule has 2 amide bonds. The van der Waals surface area contributed by atoms with Gasteiger partial charge in [0.2, 0.25) is 0 Å². The van der Waals surface area contributed by atoms with Gasteiger partial charge in [0.1, 0.15) is 11.8 Å². The SMILES string of the molecule is CCC(C)[C@H](NC(=O)N(C)c1cccc(O)c1)C(=O)O. The number of urea groups is 1. The third-order valence-corrected chi connectivity index (χ3v) is 3.28. The number of aliphatic carboxylic acids is 1. The molecular weight excluding hydrogens is 260 g/mol. The van der Waals surface area contributed by atoms with Crippen LogP contribution in [0.5, 0.6) is 5.75 Å². The summed E-state index contributed by atoms with van der Waals surface area (Å²) in [6.07, 6.45) is 0.646. The monoisotopic (exact) mass is 280 g/mol. The van der Waals surface area contributed by atoms with Gasteiger partial charge in [0.05, 0.1) is 0 Å². The highest BCUT2D eigenvalue weighted by Gasteiger charge is 2.26. The molecule has 0 radical (unpaired) electrons. The lowest BCUT2D eigenvalue weighted by atomic mass is 9.99. The van der Waals surface area contributed by atoms with E-state index >= 15 is 0 Å². The molecule has 0 aliphatic rings. The van der Waals surface area contributed by atoms with Crippen LogP contribution < -0.4 is 10.2 Å². The van der Waals surface area contributed by atoms with Crippen LogP contribution in [0.2, 0.25) is 0 Å². The lowest BCUT2D eigenvalue weighted by Crippen LogP contribution is -2.49. The van der Waals surface area contributed by atoms with Crippen LogP contribution in [0.15, 0.2) is 24.3 Å². The lowest BCUT2D eigenvalue weighted by molar-refractivity contribution is -0.140. The smallest absolute Gasteiger partial charge is 0.326 e. The quantitative estimate of drug-likeness (QED) is 0.770. The number of carbonyl (C=O) groups is 2. The third kappa shape index (κ3) is 3.88. The lowest BCUT2D eigenvalue weighted by Gasteiger charge is -2.24. The van der Waals surface area contributed by atoms with E-state index in [1.807, 2.05) is 6.92 Å². The van der Waals surface area contributed by atoms with Crippen molar-refractivity contribution in [2.45, 2.75) is 26.3 Å². The number of hydrogen-bond donors (Lipinski definition) is 3. The zero-order valence-electron chi connectivity index (χ0n) is 11.8. The molecule has 0 fully saturated rings. The van der Waals surface area contributed by atoms with Gasteiger partial charge in [-0.1, -0.05) is 26.3 Å². The first-order valence-electron chi connectivity index (χ1n) is 6.42. The summed E-state index contributed by atoms with van der Waals surface area (Å²) in [6, 6.07) is 4.72. The van der Waals surface area contributed by atoms with Crippen molar-refractivity contribution in [2.24, 2.45) is 5.92 Å². The molecular formula is C14H20N2O4. The summed E-state index contributed by atoms with van der Waals surface area (Å²) >= 11 is 0. The van der Waals surface area contributed by atoms with Gasteiger partial charge in [-0.25, -0.2) is 9.59 Å². The predicted molar refractivity (Wildman–Crippen MR) is 75.9 cm³/mol. The van der Waals surface area contributed by atoms with E-state index in [1.165, 1.54) is 24.1 Å². The average Bonchev–Trinajstić information content (AvgIpc) is 2.42. The van der Waals surface area contributed by atoms with Gasteiger partial charge in [0.15, 0.2) is 0 Å². The van der Waals surface area contributed by atoms with Crippen LogP contribution in [0.1, 0.15) is 20.3 Å². The van der Waals surface area contributed by atoms with Crippen molar-refractivity contribution in [1.82, 2.24) is 5.32 Å². The number of phenolic OH excluding ortho intramolecular Hbond substituents is 1. The molecule has 0 saturated heterocycles. The molecule has 110 valence electrons. The van der Waals surface area contributed by atoms with Crippen LogP contribution in [0.3, 0.4) is 0 Å². The fraction of sp³-hybridized carbons (Fsp3) is 0.429. The molecule has 20 heavy (non-hydrogen) atoms. The van der Waals surface area contributed by atoms with E-state index in [0.29, 0.717) is 12.1 Å². The van der Waals surface area contributed by atoms with Crippen LogP contribution in [0.25, 0.3) is 0 Å². The highest BCUT2D eigenvalue weighted by Crippen LogP contribution is 2.19. The van der Waals surface area contributed by atoms with Crippen LogP contribution in [-0.4, -0.2) is 35.3 Å². The number of carboxylic acids is 1. The molecule has 0 bridgehead atoms. The van der Waals surface area contributed by atoms with E-state index in [-0.39, 0.29) is 11.7 Å². The van der Waals surface area contributed by atoms with Crippen molar-refractivity contribution in [3.05, 3.63) is 24.3 Å². The largest absolute Gasteiger partial charge is 0.508 e. The minimum Gasteiger partial charge on any atom is -0.508 e. The fourth-order valence-corrected chi connectivity index (χ4v) is 1.73. The van der Waals surface area contributed by atoms with E-state index < -0.39 is 18.0 Å². The minimum atomic E-state index is -1.06. The topological polar surface area (TPSA) is 89.9 Å². The zero-order valence-corrected chi connectivity index (χ0v) is 11.8. The maximum absolute atomic E-state index is 12.1. The first-order chi connectivity index (χ1) is 9.36. The number of phenols is 1. The summed E-state index contributed by atoms with van der Waals surface area (Å²) in [6.45, 7) is 3.64. The normalized spacial score (nSPS) is 13.3. The van der Waals surface area contributed by atoms with Gasteiger partial charge in [-0.2, -0.15) is 0 Å². The molecule has 0 heterocycles. The Hall–Kier alpha value is -2.24. The van der Waals surface area contributed by atoms with Crippen molar-refractivity contribution in [3.8, 4) is 5.75 Å². The zero-order chi connectivity index (χ0) is 15.3. The molecule has 1 aromatic rings. The Morgan fingerprint density at radius 2 is 2.05 bits per heavy atom. The number of carboxylic acid groups (broad SMARTS) is 1. The maximum Gasteiger partial charge on any atom is 0.326 e. The summed E-state index contributed by atoms with van der Waals surface area (Å²) in [7, 11) is 1.51. The van der Waals surface area contributed by atoms with Gasteiger partial charge in [-0.05, 0) is 18.1 Å². The highest BCUT2D eigenvalue weighted by molar-refractivity contribution is 5.94. The number of nitrogens with one attached hydrogen (secondary N) is 1. The van der Waals surface area contributed by atoms with Gasteiger partial charge in [-0.3, -0.25) is 4.90 Å². The van der Waals surface area contributed by atoms with E-state index in [1.54, 1.807) is 19.1 Å². The molecule has 0 saturated carbocycles. The van der Waals surface area contributed by atoms with Gasteiger partial charge in [0.25, 0.3) is 0 Å². The Morgan fingerprint density at radius 1 is 1.40 bits per heavy atom. The van der Waals surface area contributed by atoms with E-state index in [4.69, 9.17) is 5.11 Å². The molecule has 0 spiro atoms. The second-order valence-corrected chi connectivity index (χ2v) is 4.73. The maximum atomic E-state index is 12.1. The first kappa shape index (κ1) is 15.8. The number of anilines is 1. The van der Waals surface area contributed by atoms with Crippen molar-refractivity contribution in [3.63, 3.8) is 0 Å². The molecule has 1 unspecified atom stereocenters. The third-order valence-electron chi connectivity index (χ3n) is 3.28. The van der Waals surface area contributed by atoms with Gasteiger partial charge < -0.3 is 15.5 Å². The standard InChI is InChI=1S/C14H20N2O4/c1-4-9(2)12(13(18)19)15-14(20)16(3)10-6-5-7-11(17)8-10/h5-9,12,17H,4H2,1-3H3,(H,15,20)(H,18,19)/t9?,12-/m0/s1. The number of aromatic hydroxyl groups is 1. The number of rotatable bonds is 5. The Bertz CT molecular complexity index is 490. The molecule has 0 aliphatic carbocycles. The number of carbonyl (C=O) groups excluding carboxylic acids is 1. The van der Waals surface area contributed by atoms with Crippen LogP contribution >= 0.6 is 0 Å². The van der Waals surface area contributed by atoms with Crippen LogP contribution in [0.4, 0.5) is 10.5 Å². The van der Waals surface area contributed by atoms with Crippen molar-refractivity contribution < 1.29 is 19.8 Å². The van der Waals surface area contributed by atoms with Gasteiger partial charge >= 0.3 is 12.0 Å². The molecule has 6 heteroatoms. The summed E-state index contributed by atoms with van der Waals surface area (Å²) in [5.41, 5.74) is 0.482. The highest BCUT2D eigenvalue weighted by atomic mass is 16.4. The van der Waals surface area contributed by atoms with Crippen LogP contribution in [0, 0.1) is 5.92 Å². The Morgan fingerprint density at radius 3 is 2.55 bits per heavy atom. The predicted octanol–water partition coefficient (Wildman–Crippen LogP) is 2.04. The number of hydrogen-bond acceptors (Lipinski definition) is 3. The van der Waals surface area contributed by atoms with E-state index in [0.717, 1.165) is 0 Å². The van der Waals surface area contributed by atoms with E-state index in [2.05, 4.69) is 5.32 Å². The number of benzene rings is 1. The molecule has 1 aromatic carbocycles. The summed E-state index contributed by atoms with van der Waals surface area (Å²) in [5.74, 6) is -1.19. The molecule has 0 aromatic heterocycles. The van der Waals surface area contributed by atoms with Crippen molar-refractivity contribution >= 4 is 17.7 Å². The van der Waals surface area contributed by atoms with Crippen molar-refractivity contribution in [2.75, 3.05) is 11.9 Å². The van der Waals surface area contributed by atoms with Gasteiger partial charge in [-0.15, -0.1) is 0 Å². The molecule has 0 aliphatic heterocycles. The molecule has 6 nitrogen and oxygen atoms in total. The fourth-order valence-electron chi connectivity index (χ4n) is 1.73. The minimum absolute atomic E-state index is 0.0406. The Balaban J connectivity index is 2.81. The first-order valence-corrected chi connectivity index (χ1v) is 6.42. The second kappa shape index (κ2) is 6.79. The second-order valence-electron chi connectivity index (χ2n) is 4.73.